The molecule has 13 heteroatoms. The lowest BCUT2D eigenvalue weighted by Crippen LogP contribution is -2.19. The fourth-order valence-electron chi connectivity index (χ4n) is 4.26. The largest absolute Gasteiger partial charge is 0.465 e. The van der Waals surface area contributed by atoms with Crippen LogP contribution in [-0.2, 0) is 33.7 Å². The lowest BCUT2D eigenvalue weighted by atomic mass is 9.88. The number of thioether (sulfide) groups is 1. The number of amides is 2. The van der Waals surface area contributed by atoms with E-state index in [0.29, 0.717) is 38.0 Å². The summed E-state index contributed by atoms with van der Waals surface area (Å²) < 4.78 is 7.36. The molecule has 0 radical (unpaired) electrons. The standard InChI is InChI=1S/C25H26N4O6S3/c1-4-9-28-17-8-6-15(29(33)34)11-19(17)38-25(28)27-21(31)13-36-12-20(30)26-23-22(24(32)35-3)16-7-5-14(2)10-18(16)37-23/h4,6,8,11,14H,1,5,7,9-10,12-13H2,2-3H3,(H,26,30). The molecule has 1 aromatic carbocycles. The van der Waals surface area contributed by atoms with Crippen LogP contribution in [0.2, 0.25) is 0 Å². The predicted molar refractivity (Wildman–Crippen MR) is 150 cm³/mol. The Hall–Kier alpha value is -3.29. The van der Waals surface area contributed by atoms with Crippen LogP contribution in [0, 0.1) is 16.0 Å². The molecule has 2 aromatic heterocycles. The van der Waals surface area contributed by atoms with E-state index in [-0.39, 0.29) is 23.1 Å². The van der Waals surface area contributed by atoms with E-state index in [4.69, 9.17) is 4.74 Å². The number of hydrogen-bond donors (Lipinski definition) is 1. The molecular formula is C25H26N4O6S3. The number of thiazole rings is 1. The quantitative estimate of drug-likeness (QED) is 0.171. The number of nitro groups is 1. The number of non-ortho nitro benzene ring substituents is 1. The average Bonchev–Trinajstić information content (AvgIpc) is 3.39. The highest BCUT2D eigenvalue weighted by Gasteiger charge is 2.28. The molecule has 4 rings (SSSR count). The molecule has 2 amide bonds. The molecule has 1 aliphatic carbocycles. The van der Waals surface area contributed by atoms with E-state index in [1.165, 1.54) is 41.9 Å². The smallest absolute Gasteiger partial charge is 0.341 e. The van der Waals surface area contributed by atoms with Gasteiger partial charge in [-0.1, -0.05) is 24.3 Å². The number of nitrogens with zero attached hydrogens (tertiary/aromatic N) is 3. The van der Waals surface area contributed by atoms with Gasteiger partial charge >= 0.3 is 5.97 Å². The van der Waals surface area contributed by atoms with Gasteiger partial charge in [-0.25, -0.2) is 4.79 Å². The van der Waals surface area contributed by atoms with Crippen molar-refractivity contribution in [2.24, 2.45) is 10.9 Å². The molecule has 0 saturated heterocycles. The van der Waals surface area contributed by atoms with Crippen LogP contribution in [0.5, 0.6) is 0 Å². The molecule has 2 heterocycles. The van der Waals surface area contributed by atoms with Crippen molar-refractivity contribution < 1.29 is 24.0 Å². The monoisotopic (exact) mass is 574 g/mol. The number of methoxy groups -OCH3 is 1. The molecule has 0 fully saturated rings. The molecule has 1 aliphatic rings. The number of benzene rings is 1. The van der Waals surface area contributed by atoms with E-state index in [2.05, 4.69) is 23.8 Å². The fourth-order valence-corrected chi connectivity index (χ4v) is 7.36. The second-order valence-corrected chi connectivity index (χ2v) is 11.9. The van der Waals surface area contributed by atoms with Gasteiger partial charge in [-0.3, -0.25) is 19.7 Å². The van der Waals surface area contributed by atoms with Crippen LogP contribution in [0.1, 0.15) is 34.1 Å². The van der Waals surface area contributed by atoms with Gasteiger partial charge in [-0.15, -0.1) is 29.7 Å². The van der Waals surface area contributed by atoms with E-state index < -0.39 is 16.8 Å². The third-order valence-electron chi connectivity index (χ3n) is 6.02. The SMILES string of the molecule is C=CCn1c(=NC(=O)CSCC(=O)Nc2sc3c(c2C(=O)OC)CCC(C)C3)sc2cc([N+](=O)[O-])ccc21. The zero-order valence-corrected chi connectivity index (χ0v) is 23.3. The van der Waals surface area contributed by atoms with Gasteiger partial charge in [0.25, 0.3) is 11.6 Å². The van der Waals surface area contributed by atoms with Crippen LogP contribution in [0.3, 0.4) is 0 Å². The molecule has 200 valence electrons. The van der Waals surface area contributed by atoms with E-state index >= 15 is 0 Å². The van der Waals surface area contributed by atoms with Crippen molar-refractivity contribution in [1.82, 2.24) is 4.57 Å². The van der Waals surface area contributed by atoms with E-state index in [0.717, 1.165) is 41.5 Å². The van der Waals surface area contributed by atoms with Crippen LogP contribution >= 0.6 is 34.4 Å². The van der Waals surface area contributed by atoms with Crippen molar-refractivity contribution in [3.05, 3.63) is 61.8 Å². The topological polar surface area (TPSA) is 133 Å². The average molecular weight is 575 g/mol. The maximum atomic E-state index is 12.6. The molecule has 1 atom stereocenters. The van der Waals surface area contributed by atoms with Gasteiger partial charge in [0.15, 0.2) is 4.80 Å². The first kappa shape index (κ1) is 27.7. The van der Waals surface area contributed by atoms with Gasteiger partial charge in [0, 0.05) is 23.6 Å². The first-order chi connectivity index (χ1) is 18.2. The maximum Gasteiger partial charge on any atom is 0.341 e. The number of nitrogens with one attached hydrogen (secondary N) is 1. The number of esters is 1. The Bertz CT molecular complexity index is 1500. The summed E-state index contributed by atoms with van der Waals surface area (Å²) in [7, 11) is 1.32. The minimum Gasteiger partial charge on any atom is -0.465 e. The fraction of sp³-hybridized carbons (Fsp3) is 0.360. The van der Waals surface area contributed by atoms with Gasteiger partial charge < -0.3 is 14.6 Å². The maximum absolute atomic E-state index is 12.6. The van der Waals surface area contributed by atoms with Gasteiger partial charge in [-0.2, -0.15) is 4.99 Å². The lowest BCUT2D eigenvalue weighted by Gasteiger charge is -2.18. The van der Waals surface area contributed by atoms with Crippen molar-refractivity contribution in [2.75, 3.05) is 23.9 Å². The number of carbonyl (C=O) groups is 3. The molecular weight excluding hydrogens is 548 g/mol. The zero-order chi connectivity index (χ0) is 27.4. The molecule has 0 spiro atoms. The summed E-state index contributed by atoms with van der Waals surface area (Å²) in [5, 5.41) is 14.4. The molecule has 3 aromatic rings. The van der Waals surface area contributed by atoms with Crippen molar-refractivity contribution in [3.8, 4) is 0 Å². The molecule has 0 bridgehead atoms. The number of thiophene rings is 1. The van der Waals surface area contributed by atoms with Gasteiger partial charge in [0.1, 0.15) is 5.00 Å². The van der Waals surface area contributed by atoms with Crippen LogP contribution in [0.25, 0.3) is 10.2 Å². The highest BCUT2D eigenvalue weighted by Crippen LogP contribution is 2.40. The zero-order valence-electron chi connectivity index (χ0n) is 20.9. The van der Waals surface area contributed by atoms with Gasteiger partial charge in [-0.05, 0) is 36.8 Å². The van der Waals surface area contributed by atoms with Crippen molar-refractivity contribution in [1.29, 1.82) is 0 Å². The first-order valence-electron chi connectivity index (χ1n) is 11.8. The number of rotatable bonds is 9. The highest BCUT2D eigenvalue weighted by molar-refractivity contribution is 8.00. The number of anilines is 1. The summed E-state index contributed by atoms with van der Waals surface area (Å²) in [4.78, 5) is 54.0. The molecule has 0 aliphatic heterocycles. The number of fused-ring (bicyclic) bond motifs is 2. The number of hydrogen-bond acceptors (Lipinski definition) is 9. The third kappa shape index (κ3) is 6.05. The summed E-state index contributed by atoms with van der Waals surface area (Å²) in [5.41, 5.74) is 2.06. The molecule has 10 nitrogen and oxygen atoms in total. The highest BCUT2D eigenvalue weighted by atomic mass is 32.2. The normalized spacial score (nSPS) is 15.2. The Morgan fingerprint density at radius 3 is 2.84 bits per heavy atom. The summed E-state index contributed by atoms with van der Waals surface area (Å²) in [6.07, 6.45) is 4.27. The molecule has 0 saturated carbocycles. The number of ether oxygens (including phenoxy) is 1. The minimum atomic E-state index is -0.472. The van der Waals surface area contributed by atoms with Gasteiger partial charge in [0.05, 0.1) is 39.3 Å². The number of nitro benzene ring substituents is 1. The Kier molecular flexibility index (Phi) is 8.80. The summed E-state index contributed by atoms with van der Waals surface area (Å²) in [5.74, 6) is -0.727. The van der Waals surface area contributed by atoms with Crippen LogP contribution < -0.4 is 10.1 Å². The third-order valence-corrected chi connectivity index (χ3v) is 9.15. The Balaban J connectivity index is 1.43. The van der Waals surface area contributed by atoms with Crippen LogP contribution in [-0.4, -0.2) is 45.9 Å². The lowest BCUT2D eigenvalue weighted by molar-refractivity contribution is -0.384. The van der Waals surface area contributed by atoms with Gasteiger partial charge in [0.2, 0.25) is 5.91 Å². The van der Waals surface area contributed by atoms with Crippen LogP contribution in [0.4, 0.5) is 10.7 Å². The summed E-state index contributed by atoms with van der Waals surface area (Å²) in [6.45, 7) is 6.28. The first-order valence-corrected chi connectivity index (χ1v) is 14.6. The van der Waals surface area contributed by atoms with Crippen molar-refractivity contribution >= 4 is 73.1 Å². The minimum absolute atomic E-state index is 0.00606. The van der Waals surface area contributed by atoms with Crippen molar-refractivity contribution in [2.45, 2.75) is 32.7 Å². The van der Waals surface area contributed by atoms with Crippen LogP contribution in [0.15, 0.2) is 35.8 Å². The Morgan fingerprint density at radius 1 is 1.34 bits per heavy atom. The number of carbonyl (C=O) groups excluding carboxylic acids is 3. The van der Waals surface area contributed by atoms with Crippen molar-refractivity contribution in [3.63, 3.8) is 0 Å². The molecule has 1 N–H and O–H groups in total. The Labute approximate surface area is 230 Å². The van der Waals surface area contributed by atoms with E-state index in [1.807, 2.05) is 0 Å². The van der Waals surface area contributed by atoms with E-state index in [9.17, 15) is 24.5 Å². The Morgan fingerprint density at radius 2 is 2.13 bits per heavy atom. The number of allylic oxidation sites excluding steroid dienone is 1. The second-order valence-electron chi connectivity index (χ2n) is 8.79. The summed E-state index contributed by atoms with van der Waals surface area (Å²) in [6, 6.07) is 4.49. The summed E-state index contributed by atoms with van der Waals surface area (Å²) >= 11 is 3.70. The predicted octanol–water partition coefficient (Wildman–Crippen LogP) is 4.57. The second kappa shape index (κ2) is 12.0. The van der Waals surface area contributed by atoms with E-state index in [1.54, 1.807) is 16.7 Å². The number of aromatic nitrogens is 1. The molecule has 1 unspecified atom stereocenters. The molecule has 38 heavy (non-hydrogen) atoms.